The van der Waals surface area contributed by atoms with Gasteiger partial charge in [0.2, 0.25) is 5.91 Å². The van der Waals surface area contributed by atoms with Crippen LogP contribution in [0.5, 0.6) is 0 Å². The third-order valence-corrected chi connectivity index (χ3v) is 3.47. The number of carbonyl (C=O) groups is 1. The Kier molecular flexibility index (Phi) is 4.58. The van der Waals surface area contributed by atoms with Gasteiger partial charge in [0, 0.05) is 18.0 Å². The molecule has 2 rings (SSSR count). The first-order chi connectivity index (χ1) is 8.78. The number of aliphatic imine (C=N–C) groups is 1. The van der Waals surface area contributed by atoms with Gasteiger partial charge in [-0.1, -0.05) is 6.07 Å². The van der Waals surface area contributed by atoms with E-state index >= 15 is 0 Å². The Morgan fingerprint density at radius 1 is 1.50 bits per heavy atom. The van der Waals surface area contributed by atoms with Crippen molar-refractivity contribution < 1.29 is 4.79 Å². The van der Waals surface area contributed by atoms with Gasteiger partial charge in [-0.3, -0.25) is 9.79 Å². The lowest BCUT2D eigenvalue weighted by Gasteiger charge is -2.11. The molecule has 6 heteroatoms. The molecule has 5 nitrogen and oxygen atoms in total. The number of hydrogen-bond acceptors (Lipinski definition) is 3. The van der Waals surface area contributed by atoms with E-state index in [1.165, 1.54) is 4.88 Å². The average Bonchev–Trinajstić information content (AvgIpc) is 3.02. The highest BCUT2D eigenvalue weighted by atomic mass is 32.1. The molecule has 0 unspecified atom stereocenters. The number of nitrogens with one attached hydrogen (secondary N) is 3. The van der Waals surface area contributed by atoms with Crippen molar-refractivity contribution in [2.24, 2.45) is 4.99 Å². The molecule has 0 radical (unpaired) electrons. The molecule has 0 bridgehead atoms. The molecule has 0 aromatic carbocycles. The Balaban J connectivity index is 1.66. The molecule has 0 saturated heterocycles. The minimum Gasteiger partial charge on any atom is -0.352 e. The third kappa shape index (κ3) is 4.37. The highest BCUT2D eigenvalue weighted by Crippen LogP contribution is 2.18. The lowest BCUT2D eigenvalue weighted by Crippen LogP contribution is -2.43. The zero-order chi connectivity index (χ0) is 12.8. The molecule has 1 aromatic rings. The minimum absolute atomic E-state index is 0.0246. The summed E-state index contributed by atoms with van der Waals surface area (Å²) < 4.78 is 0. The number of carbonyl (C=O) groups excluding carboxylic acids is 1. The molecule has 98 valence electrons. The van der Waals surface area contributed by atoms with Crippen LogP contribution in [-0.2, 0) is 11.3 Å². The van der Waals surface area contributed by atoms with E-state index < -0.39 is 0 Å². The van der Waals surface area contributed by atoms with E-state index in [0.29, 0.717) is 12.0 Å². The summed E-state index contributed by atoms with van der Waals surface area (Å²) in [6, 6.07) is 4.48. The second-order valence-electron chi connectivity index (χ2n) is 4.20. The Morgan fingerprint density at radius 2 is 2.33 bits per heavy atom. The summed E-state index contributed by atoms with van der Waals surface area (Å²) in [5.74, 6) is 0.672. The zero-order valence-corrected chi connectivity index (χ0v) is 11.2. The summed E-state index contributed by atoms with van der Waals surface area (Å²) in [6.45, 7) is 0.988. The number of rotatable bonds is 5. The van der Waals surface area contributed by atoms with Gasteiger partial charge in [-0.15, -0.1) is 11.3 Å². The van der Waals surface area contributed by atoms with Crippen LogP contribution in [0.3, 0.4) is 0 Å². The van der Waals surface area contributed by atoms with Gasteiger partial charge in [-0.05, 0) is 24.3 Å². The maximum atomic E-state index is 11.5. The number of nitrogens with zero attached hydrogens (tertiary/aromatic N) is 1. The highest BCUT2D eigenvalue weighted by molar-refractivity contribution is 7.09. The van der Waals surface area contributed by atoms with Gasteiger partial charge in [0.1, 0.15) is 0 Å². The monoisotopic (exact) mass is 266 g/mol. The van der Waals surface area contributed by atoms with Crippen molar-refractivity contribution in [3.8, 4) is 0 Å². The fourth-order valence-corrected chi connectivity index (χ4v) is 2.12. The van der Waals surface area contributed by atoms with Crippen molar-refractivity contribution in [2.45, 2.75) is 25.4 Å². The van der Waals surface area contributed by atoms with Crippen LogP contribution in [-0.4, -0.2) is 31.5 Å². The molecule has 0 atom stereocenters. The van der Waals surface area contributed by atoms with E-state index in [-0.39, 0.29) is 12.5 Å². The molecule has 1 aromatic heterocycles. The van der Waals surface area contributed by atoms with Gasteiger partial charge in [-0.2, -0.15) is 0 Å². The van der Waals surface area contributed by atoms with Crippen molar-refractivity contribution in [3.05, 3.63) is 22.4 Å². The molecule has 3 N–H and O–H groups in total. The molecule has 1 fully saturated rings. The quantitative estimate of drug-likeness (QED) is 0.543. The molecule has 1 aliphatic carbocycles. The molecule has 1 heterocycles. The van der Waals surface area contributed by atoms with Crippen molar-refractivity contribution in [2.75, 3.05) is 13.6 Å². The topological polar surface area (TPSA) is 65.5 Å². The van der Waals surface area contributed by atoms with Crippen LogP contribution >= 0.6 is 11.3 Å². The molecular formula is C12H18N4OS. The number of thiophene rings is 1. The Morgan fingerprint density at radius 3 is 2.94 bits per heavy atom. The summed E-state index contributed by atoms with van der Waals surface area (Å²) in [5, 5.41) is 11.1. The zero-order valence-electron chi connectivity index (χ0n) is 10.4. The van der Waals surface area contributed by atoms with Crippen molar-refractivity contribution in [3.63, 3.8) is 0 Å². The Hall–Kier alpha value is -1.56. The average molecular weight is 266 g/mol. The van der Waals surface area contributed by atoms with Crippen LogP contribution < -0.4 is 16.0 Å². The third-order valence-electron chi connectivity index (χ3n) is 2.59. The minimum atomic E-state index is 0.0246. The summed E-state index contributed by atoms with van der Waals surface area (Å²) in [4.78, 5) is 16.8. The number of guanidine groups is 1. The fourth-order valence-electron chi connectivity index (χ4n) is 1.47. The summed E-state index contributed by atoms with van der Waals surface area (Å²) in [7, 11) is 1.70. The van der Waals surface area contributed by atoms with Gasteiger partial charge in [0.25, 0.3) is 0 Å². The maximum Gasteiger partial charge on any atom is 0.239 e. The van der Waals surface area contributed by atoms with E-state index in [2.05, 4.69) is 27.0 Å². The second kappa shape index (κ2) is 6.39. The smallest absolute Gasteiger partial charge is 0.239 e. The first-order valence-electron chi connectivity index (χ1n) is 6.04. The first-order valence-corrected chi connectivity index (χ1v) is 6.92. The molecule has 1 amide bonds. The molecule has 18 heavy (non-hydrogen) atoms. The van der Waals surface area contributed by atoms with E-state index in [1.807, 2.05) is 11.4 Å². The fraction of sp³-hybridized carbons (Fsp3) is 0.500. The van der Waals surface area contributed by atoms with E-state index in [0.717, 1.165) is 19.4 Å². The summed E-state index contributed by atoms with van der Waals surface area (Å²) in [6.07, 6.45) is 2.22. The van der Waals surface area contributed by atoms with Crippen LogP contribution in [0.25, 0.3) is 0 Å². The van der Waals surface area contributed by atoms with Gasteiger partial charge >= 0.3 is 0 Å². The van der Waals surface area contributed by atoms with Gasteiger partial charge in [0.05, 0.1) is 13.1 Å². The van der Waals surface area contributed by atoms with Gasteiger partial charge < -0.3 is 16.0 Å². The van der Waals surface area contributed by atoms with Crippen LogP contribution in [0.4, 0.5) is 0 Å². The van der Waals surface area contributed by atoms with Crippen molar-refractivity contribution >= 4 is 23.2 Å². The predicted octanol–water partition coefficient (Wildman–Crippen LogP) is 0.692. The van der Waals surface area contributed by atoms with Gasteiger partial charge in [0.15, 0.2) is 5.96 Å². The number of amides is 1. The standard InChI is InChI=1S/C12H18N4OS/c1-13-12(14-7-10-3-2-6-18-10)15-8-11(17)16-9-4-5-9/h2-3,6,9H,4-5,7-8H2,1H3,(H,16,17)(H2,13,14,15). The summed E-state index contributed by atoms with van der Waals surface area (Å²) >= 11 is 1.69. The van der Waals surface area contributed by atoms with Crippen LogP contribution in [0, 0.1) is 0 Å². The van der Waals surface area contributed by atoms with E-state index in [9.17, 15) is 4.79 Å². The highest BCUT2D eigenvalue weighted by Gasteiger charge is 2.22. The predicted molar refractivity (Wildman–Crippen MR) is 73.7 cm³/mol. The maximum absolute atomic E-state index is 11.5. The second-order valence-corrected chi connectivity index (χ2v) is 5.23. The van der Waals surface area contributed by atoms with Crippen molar-refractivity contribution in [1.29, 1.82) is 0 Å². The first kappa shape index (κ1) is 12.9. The van der Waals surface area contributed by atoms with E-state index in [1.54, 1.807) is 18.4 Å². The molecule has 1 aliphatic rings. The van der Waals surface area contributed by atoms with Crippen molar-refractivity contribution in [1.82, 2.24) is 16.0 Å². The molecule has 0 aliphatic heterocycles. The molecule has 1 saturated carbocycles. The van der Waals surface area contributed by atoms with E-state index in [4.69, 9.17) is 0 Å². The number of hydrogen-bond donors (Lipinski definition) is 3. The summed E-state index contributed by atoms with van der Waals surface area (Å²) in [5.41, 5.74) is 0. The van der Waals surface area contributed by atoms with Crippen LogP contribution in [0.2, 0.25) is 0 Å². The lowest BCUT2D eigenvalue weighted by atomic mass is 10.4. The lowest BCUT2D eigenvalue weighted by molar-refractivity contribution is -0.120. The molecule has 0 spiro atoms. The Bertz CT molecular complexity index is 412. The van der Waals surface area contributed by atoms with Gasteiger partial charge in [-0.25, -0.2) is 0 Å². The molecular weight excluding hydrogens is 248 g/mol. The van der Waals surface area contributed by atoms with Crippen LogP contribution in [0.15, 0.2) is 22.5 Å². The SMILES string of the molecule is CN=C(NCC(=O)NC1CC1)NCc1cccs1. The normalized spacial score (nSPS) is 15.3. The van der Waals surface area contributed by atoms with Crippen LogP contribution in [0.1, 0.15) is 17.7 Å². The Labute approximate surface area is 111 Å². The largest absolute Gasteiger partial charge is 0.352 e.